The van der Waals surface area contributed by atoms with Crippen molar-refractivity contribution >= 4 is 27.3 Å². The number of fused-ring (bicyclic) bond motifs is 1. The fourth-order valence-corrected chi connectivity index (χ4v) is 6.69. The van der Waals surface area contributed by atoms with E-state index in [0.717, 1.165) is 43.4 Å². The van der Waals surface area contributed by atoms with Crippen molar-refractivity contribution in [3.8, 4) is 11.3 Å². The number of pyridine rings is 1. The van der Waals surface area contributed by atoms with Crippen LogP contribution in [0.4, 0.5) is 0 Å². The van der Waals surface area contributed by atoms with E-state index in [1.165, 1.54) is 77.3 Å². The molecule has 3 aliphatic rings. The number of nitrogens with zero attached hydrogens (tertiary/aromatic N) is 1. The molecule has 1 N–H and O–H groups in total. The number of aryl methyl sites for hydroxylation is 2. The van der Waals surface area contributed by atoms with Gasteiger partial charge in [0, 0.05) is 44.2 Å². The van der Waals surface area contributed by atoms with E-state index in [2.05, 4.69) is 60.8 Å². The van der Waals surface area contributed by atoms with Crippen LogP contribution in [0.1, 0.15) is 76.3 Å². The Morgan fingerprint density at radius 1 is 0.825 bits per heavy atom. The van der Waals surface area contributed by atoms with Gasteiger partial charge in [-0.25, -0.2) is 0 Å². The monoisotopic (exact) mass is 711 g/mol. The summed E-state index contributed by atoms with van der Waals surface area (Å²) in [5, 5.41) is 15.0. The summed E-state index contributed by atoms with van der Waals surface area (Å²) < 4.78 is 0. The Morgan fingerprint density at radius 2 is 1.50 bits per heavy atom. The molecule has 4 heteroatoms. The van der Waals surface area contributed by atoms with E-state index < -0.39 is 0 Å². The van der Waals surface area contributed by atoms with Gasteiger partial charge in [-0.2, -0.15) is 0 Å². The Hall–Kier alpha value is -2.81. The number of allylic oxidation sites excluding steroid dienone is 2. The zero-order valence-electron chi connectivity index (χ0n) is 22.4. The molecule has 0 bridgehead atoms. The Balaban J connectivity index is 0.000000192. The number of hydrogen-bond donors (Lipinski definition) is 1. The molecule has 1 radical (unpaired) electrons. The molecule has 1 heterocycles. The quantitative estimate of drug-likeness (QED) is 0.131. The van der Waals surface area contributed by atoms with Crippen molar-refractivity contribution < 1.29 is 30.0 Å². The molecule has 2 fully saturated rings. The predicted octanol–water partition coefficient (Wildman–Crippen LogP) is 9.36. The number of benzene rings is 3. The van der Waals surface area contributed by atoms with E-state index in [4.69, 9.17) is 4.98 Å². The van der Waals surface area contributed by atoms with E-state index in [9.17, 15) is 9.90 Å². The van der Waals surface area contributed by atoms with Gasteiger partial charge in [0.25, 0.3) is 0 Å². The summed E-state index contributed by atoms with van der Waals surface area (Å²) in [6.07, 6.45) is 16.0. The van der Waals surface area contributed by atoms with Crippen molar-refractivity contribution in [3.05, 3.63) is 89.8 Å². The molecule has 40 heavy (non-hydrogen) atoms. The van der Waals surface area contributed by atoms with E-state index >= 15 is 0 Å². The van der Waals surface area contributed by atoms with Gasteiger partial charge in [0.05, 0.1) is 5.76 Å². The molecule has 0 amide bonds. The van der Waals surface area contributed by atoms with Crippen LogP contribution in [0.15, 0.2) is 72.6 Å². The number of rotatable bonds is 4. The summed E-state index contributed by atoms with van der Waals surface area (Å²) in [5.41, 5.74) is 5.03. The van der Waals surface area contributed by atoms with Crippen LogP contribution in [0, 0.1) is 17.9 Å². The van der Waals surface area contributed by atoms with E-state index in [-0.39, 0.29) is 45.2 Å². The number of carbonyl (C=O) groups is 1. The molecule has 3 aromatic carbocycles. The van der Waals surface area contributed by atoms with Crippen LogP contribution in [0.5, 0.6) is 0 Å². The minimum atomic E-state index is 0. The van der Waals surface area contributed by atoms with E-state index in [1.807, 2.05) is 6.07 Å². The van der Waals surface area contributed by atoms with Crippen LogP contribution in [-0.2, 0) is 37.7 Å². The molecule has 4 aromatic rings. The third-order valence-corrected chi connectivity index (χ3v) is 8.75. The summed E-state index contributed by atoms with van der Waals surface area (Å²) in [7, 11) is 0. The van der Waals surface area contributed by atoms with Gasteiger partial charge in [0.1, 0.15) is 0 Å². The molecular formula is C36H40IrNO2-. The molecule has 2 saturated carbocycles. The Kier molecular flexibility index (Phi) is 10.3. The molecule has 0 aliphatic heterocycles. The van der Waals surface area contributed by atoms with Crippen molar-refractivity contribution in [1.29, 1.82) is 0 Å². The fraction of sp³-hybridized carbons (Fsp3) is 0.389. The second-order valence-corrected chi connectivity index (χ2v) is 11.2. The standard InChI is InChI=1S/C22H16N.C13H20O2.CH4.Ir/c1-2-11-18-15(6-1)7-4-12-19(18)22-20-13-5-9-16-8-3-10-17(14-23-22)21(16)20;14-12(10-5-1-2-6-10)9-13(15)11-7-3-4-8-11;;/h1-2,4-7,9,11,13-14H,3,8,10H2;9-11,14H,1-8H2;1H4;/q-1;;;. The van der Waals surface area contributed by atoms with Gasteiger partial charge in [0.15, 0.2) is 5.78 Å². The van der Waals surface area contributed by atoms with Gasteiger partial charge in [-0.05, 0) is 72.5 Å². The van der Waals surface area contributed by atoms with Gasteiger partial charge in [-0.1, -0.05) is 81.0 Å². The van der Waals surface area contributed by atoms with Gasteiger partial charge in [-0.3, -0.25) is 4.79 Å². The third-order valence-electron chi connectivity index (χ3n) is 8.75. The maximum absolute atomic E-state index is 11.8. The second-order valence-electron chi connectivity index (χ2n) is 11.2. The van der Waals surface area contributed by atoms with Crippen molar-refractivity contribution in [1.82, 2.24) is 4.98 Å². The summed E-state index contributed by atoms with van der Waals surface area (Å²) >= 11 is 0. The van der Waals surface area contributed by atoms with Crippen LogP contribution in [0.2, 0.25) is 0 Å². The maximum atomic E-state index is 11.8. The first-order valence-electron chi connectivity index (χ1n) is 14.4. The van der Waals surface area contributed by atoms with Gasteiger partial charge < -0.3 is 10.1 Å². The largest absolute Gasteiger partial charge is 0.512 e. The van der Waals surface area contributed by atoms with Crippen LogP contribution in [-0.4, -0.2) is 15.9 Å². The van der Waals surface area contributed by atoms with Gasteiger partial charge in [-0.15, -0.1) is 29.1 Å². The van der Waals surface area contributed by atoms with Crippen molar-refractivity contribution in [2.45, 2.75) is 78.1 Å². The van der Waals surface area contributed by atoms with Crippen molar-refractivity contribution in [3.63, 3.8) is 0 Å². The van der Waals surface area contributed by atoms with E-state index in [1.54, 1.807) is 0 Å². The number of carbonyl (C=O) groups excluding carboxylic acids is 1. The second kappa shape index (κ2) is 13.7. The van der Waals surface area contributed by atoms with Crippen LogP contribution >= 0.6 is 0 Å². The van der Waals surface area contributed by atoms with Gasteiger partial charge in [0.2, 0.25) is 0 Å². The van der Waals surface area contributed by atoms with Crippen LogP contribution in [0.3, 0.4) is 0 Å². The molecule has 3 nitrogen and oxygen atoms in total. The van der Waals surface area contributed by atoms with Crippen LogP contribution in [0.25, 0.3) is 32.8 Å². The molecule has 1 aromatic heterocycles. The fourth-order valence-electron chi connectivity index (χ4n) is 6.69. The summed E-state index contributed by atoms with van der Waals surface area (Å²) in [4.78, 5) is 16.6. The normalized spacial score (nSPS) is 17.1. The molecule has 0 unspecified atom stereocenters. The molecule has 3 aliphatic carbocycles. The Morgan fingerprint density at radius 3 is 2.27 bits per heavy atom. The molecule has 7 rings (SSSR count). The SMILES string of the molecule is C.O=C(C=C(O)C1CCCC1)C1CCCC1.[Ir].[c-]1ccc2ccccc2c1-c1ncc2c3c(cccc13)CCC2. The van der Waals surface area contributed by atoms with Crippen molar-refractivity contribution in [2.24, 2.45) is 11.8 Å². The maximum Gasteiger partial charge on any atom is 0.162 e. The summed E-state index contributed by atoms with van der Waals surface area (Å²) in [6.45, 7) is 0. The number of aliphatic hydroxyl groups excluding tert-OH is 1. The minimum Gasteiger partial charge on any atom is -0.512 e. The van der Waals surface area contributed by atoms with Gasteiger partial charge >= 0.3 is 0 Å². The zero-order valence-corrected chi connectivity index (χ0v) is 24.8. The smallest absolute Gasteiger partial charge is 0.162 e. The predicted molar refractivity (Wildman–Crippen MR) is 162 cm³/mol. The summed E-state index contributed by atoms with van der Waals surface area (Å²) in [5.74, 6) is 0.991. The first kappa shape index (κ1) is 30.2. The van der Waals surface area contributed by atoms with E-state index in [0.29, 0.717) is 5.76 Å². The minimum absolute atomic E-state index is 0. The molecule has 0 spiro atoms. The first-order valence-corrected chi connectivity index (χ1v) is 14.4. The number of ketones is 1. The Bertz CT molecular complexity index is 1480. The Labute approximate surface area is 252 Å². The molecule has 0 atom stereocenters. The number of hydrogen-bond acceptors (Lipinski definition) is 3. The topological polar surface area (TPSA) is 50.2 Å². The average Bonchev–Trinajstić information content (AvgIpc) is 3.69. The number of aliphatic hydroxyl groups is 1. The third kappa shape index (κ3) is 6.24. The summed E-state index contributed by atoms with van der Waals surface area (Å²) in [6, 6.07) is 22.7. The number of aromatic nitrogens is 1. The first-order chi connectivity index (χ1) is 18.7. The molecule has 0 saturated heterocycles. The van der Waals surface area contributed by atoms with Crippen molar-refractivity contribution in [2.75, 3.05) is 0 Å². The molecule has 211 valence electrons. The zero-order chi connectivity index (χ0) is 25.9. The average molecular weight is 711 g/mol. The molecular weight excluding hydrogens is 671 g/mol. The van der Waals surface area contributed by atoms with Crippen LogP contribution < -0.4 is 0 Å².